The molecule has 35 heavy (non-hydrogen) atoms. The molecule has 2 rings (SSSR count). The van der Waals surface area contributed by atoms with E-state index in [9.17, 15) is 4.79 Å². The molecule has 2 aromatic carbocycles. The van der Waals surface area contributed by atoms with Gasteiger partial charge in [-0.15, -0.1) is 0 Å². The summed E-state index contributed by atoms with van der Waals surface area (Å²) in [5.74, 6) is 0.164. The van der Waals surface area contributed by atoms with E-state index in [0.29, 0.717) is 6.42 Å². The highest BCUT2D eigenvalue weighted by atomic mass is 16.1. The molecule has 0 aliphatic heterocycles. The van der Waals surface area contributed by atoms with Crippen molar-refractivity contribution in [3.63, 3.8) is 0 Å². The largest absolute Gasteiger partial charge is 0.349 e. The van der Waals surface area contributed by atoms with Crippen LogP contribution in [0.3, 0.4) is 0 Å². The van der Waals surface area contributed by atoms with E-state index < -0.39 is 0 Å². The van der Waals surface area contributed by atoms with Gasteiger partial charge in [0.25, 0.3) is 0 Å². The van der Waals surface area contributed by atoms with Crippen molar-refractivity contribution in [2.45, 2.75) is 103 Å². The molecule has 0 aliphatic rings. The molecule has 1 amide bonds. The number of amides is 1. The third kappa shape index (κ3) is 13.8. The molecular weight excluding hydrogens is 426 g/mol. The first-order valence-corrected chi connectivity index (χ1v) is 13.9. The Bertz CT molecular complexity index is 850. The zero-order chi connectivity index (χ0) is 25.0. The molecule has 0 heterocycles. The number of unbranched alkanes of at least 4 members (excludes halogenated alkanes) is 8. The molecule has 0 aliphatic carbocycles. The lowest BCUT2D eigenvalue weighted by atomic mass is 9.98. The first kappa shape index (κ1) is 28.6. The second-order valence-corrected chi connectivity index (χ2v) is 9.70. The van der Waals surface area contributed by atoms with Crippen LogP contribution in [0, 0.1) is 6.92 Å². The van der Waals surface area contributed by atoms with Crippen LogP contribution >= 0.6 is 0 Å². The van der Waals surface area contributed by atoms with Crippen LogP contribution in [0.4, 0.5) is 0 Å². The monoisotopic (exact) mass is 473 g/mol. The minimum Gasteiger partial charge on any atom is -0.349 e. The SMILES string of the molecule is CCCCC/C=C/C/C=C\CCCCCCCC(=O)N[C@@H](Cc1ccc(C)cc1)c1ccccc1. The molecule has 0 saturated carbocycles. The second-order valence-electron chi connectivity index (χ2n) is 9.70. The Kier molecular flexibility index (Phi) is 15.3. The Morgan fingerprint density at radius 2 is 1.40 bits per heavy atom. The molecule has 2 aromatic rings. The van der Waals surface area contributed by atoms with Crippen LogP contribution in [0.1, 0.15) is 107 Å². The highest BCUT2D eigenvalue weighted by Gasteiger charge is 2.15. The van der Waals surface area contributed by atoms with Gasteiger partial charge in [-0.3, -0.25) is 4.79 Å². The molecule has 190 valence electrons. The lowest BCUT2D eigenvalue weighted by Crippen LogP contribution is -2.29. The normalized spacial score (nSPS) is 12.4. The Labute approximate surface area is 214 Å². The number of rotatable bonds is 18. The van der Waals surface area contributed by atoms with Gasteiger partial charge in [-0.05, 0) is 63.0 Å². The average Bonchev–Trinajstić information content (AvgIpc) is 2.88. The van der Waals surface area contributed by atoms with Gasteiger partial charge in [0, 0.05) is 6.42 Å². The Morgan fingerprint density at radius 1 is 0.771 bits per heavy atom. The number of hydrogen-bond acceptors (Lipinski definition) is 1. The molecule has 0 aromatic heterocycles. The molecule has 0 spiro atoms. The van der Waals surface area contributed by atoms with Crippen molar-refractivity contribution in [2.75, 3.05) is 0 Å². The summed E-state index contributed by atoms with van der Waals surface area (Å²) in [4.78, 5) is 12.7. The van der Waals surface area contributed by atoms with E-state index in [1.165, 1.54) is 68.1 Å². The zero-order valence-electron chi connectivity index (χ0n) is 22.2. The number of carbonyl (C=O) groups is 1. The van der Waals surface area contributed by atoms with Gasteiger partial charge in [-0.2, -0.15) is 0 Å². The fourth-order valence-electron chi connectivity index (χ4n) is 4.26. The maximum Gasteiger partial charge on any atom is 0.220 e. The van der Waals surface area contributed by atoms with Gasteiger partial charge in [-0.1, -0.05) is 123 Å². The van der Waals surface area contributed by atoms with Crippen LogP contribution in [0.5, 0.6) is 0 Å². The minimum absolute atomic E-state index is 0.0179. The average molecular weight is 474 g/mol. The highest BCUT2D eigenvalue weighted by molar-refractivity contribution is 5.76. The molecule has 2 heteroatoms. The summed E-state index contributed by atoms with van der Waals surface area (Å²) >= 11 is 0. The molecule has 1 atom stereocenters. The van der Waals surface area contributed by atoms with Gasteiger partial charge >= 0.3 is 0 Å². The van der Waals surface area contributed by atoms with E-state index in [1.807, 2.05) is 18.2 Å². The quantitative estimate of drug-likeness (QED) is 0.170. The number of hydrogen-bond donors (Lipinski definition) is 1. The lowest BCUT2D eigenvalue weighted by molar-refractivity contribution is -0.122. The van der Waals surface area contributed by atoms with Crippen LogP contribution < -0.4 is 5.32 Å². The Morgan fingerprint density at radius 3 is 2.09 bits per heavy atom. The summed E-state index contributed by atoms with van der Waals surface area (Å²) in [7, 11) is 0. The van der Waals surface area contributed by atoms with Gasteiger partial charge in [-0.25, -0.2) is 0 Å². The summed E-state index contributed by atoms with van der Waals surface area (Å²) in [5.41, 5.74) is 3.68. The van der Waals surface area contributed by atoms with E-state index in [1.54, 1.807) is 0 Å². The van der Waals surface area contributed by atoms with E-state index >= 15 is 0 Å². The highest BCUT2D eigenvalue weighted by Crippen LogP contribution is 2.19. The van der Waals surface area contributed by atoms with Crippen LogP contribution in [0.25, 0.3) is 0 Å². The first-order valence-electron chi connectivity index (χ1n) is 13.9. The fourth-order valence-corrected chi connectivity index (χ4v) is 4.26. The van der Waals surface area contributed by atoms with Crippen molar-refractivity contribution in [1.29, 1.82) is 0 Å². The van der Waals surface area contributed by atoms with Gasteiger partial charge < -0.3 is 5.32 Å². The van der Waals surface area contributed by atoms with Gasteiger partial charge in [0.2, 0.25) is 5.91 Å². The van der Waals surface area contributed by atoms with Crippen LogP contribution in [0.2, 0.25) is 0 Å². The number of allylic oxidation sites excluding steroid dienone is 4. The van der Waals surface area contributed by atoms with E-state index in [4.69, 9.17) is 0 Å². The van der Waals surface area contributed by atoms with Crippen LogP contribution in [-0.4, -0.2) is 5.91 Å². The summed E-state index contributed by atoms with van der Waals surface area (Å²) in [5, 5.41) is 3.29. The molecular formula is C33H47NO. The number of benzene rings is 2. The van der Waals surface area contributed by atoms with E-state index in [0.717, 1.165) is 25.7 Å². The number of nitrogens with one attached hydrogen (secondary N) is 1. The number of aryl methyl sites for hydroxylation is 1. The zero-order valence-corrected chi connectivity index (χ0v) is 22.2. The minimum atomic E-state index is 0.0179. The second kappa shape index (κ2) is 18.7. The summed E-state index contributed by atoms with van der Waals surface area (Å²) in [6, 6.07) is 19.0. The number of carbonyl (C=O) groups excluding carboxylic acids is 1. The van der Waals surface area contributed by atoms with Crippen LogP contribution in [0.15, 0.2) is 78.9 Å². The molecule has 2 nitrogen and oxygen atoms in total. The Balaban J connectivity index is 1.59. The molecule has 0 fully saturated rings. The van der Waals surface area contributed by atoms with Crippen molar-refractivity contribution in [1.82, 2.24) is 5.32 Å². The van der Waals surface area contributed by atoms with Crippen molar-refractivity contribution in [3.05, 3.63) is 95.6 Å². The molecule has 0 bridgehead atoms. The fraction of sp³-hybridized carbons (Fsp3) is 0.485. The first-order chi connectivity index (χ1) is 17.2. The molecule has 0 unspecified atom stereocenters. The van der Waals surface area contributed by atoms with Crippen LogP contribution in [-0.2, 0) is 11.2 Å². The van der Waals surface area contributed by atoms with Gasteiger partial charge in [0.1, 0.15) is 0 Å². The molecule has 0 radical (unpaired) electrons. The maximum atomic E-state index is 12.7. The van der Waals surface area contributed by atoms with Crippen molar-refractivity contribution < 1.29 is 4.79 Å². The van der Waals surface area contributed by atoms with Gasteiger partial charge in [0.05, 0.1) is 6.04 Å². The Hall–Kier alpha value is -2.61. The summed E-state index contributed by atoms with van der Waals surface area (Å²) in [6.45, 7) is 4.35. The van der Waals surface area contributed by atoms with E-state index in [-0.39, 0.29) is 11.9 Å². The lowest BCUT2D eigenvalue weighted by Gasteiger charge is -2.20. The topological polar surface area (TPSA) is 29.1 Å². The standard InChI is InChI=1S/C33H47NO/c1-3-4-5-6-7-8-9-10-11-12-13-14-15-16-20-23-33(35)34-32(31-21-18-17-19-22-31)28-30-26-24-29(2)25-27-30/h7-8,10-11,17-19,21-22,24-27,32H,3-6,9,12-16,20,23,28H2,1-2H3,(H,34,35)/b8-7+,11-10-/t32-/m0/s1. The third-order valence-electron chi connectivity index (χ3n) is 6.45. The smallest absolute Gasteiger partial charge is 0.220 e. The van der Waals surface area contributed by atoms with Crippen molar-refractivity contribution in [2.24, 2.45) is 0 Å². The van der Waals surface area contributed by atoms with E-state index in [2.05, 4.69) is 79.9 Å². The predicted molar refractivity (Wildman–Crippen MR) is 152 cm³/mol. The third-order valence-corrected chi connectivity index (χ3v) is 6.45. The predicted octanol–water partition coefficient (Wildman–Crippen LogP) is 9.21. The molecule has 0 saturated heterocycles. The summed E-state index contributed by atoms with van der Waals surface area (Å²) in [6.07, 6.45) is 23.9. The maximum absolute atomic E-state index is 12.7. The van der Waals surface area contributed by atoms with Crippen molar-refractivity contribution >= 4 is 5.91 Å². The van der Waals surface area contributed by atoms with Gasteiger partial charge in [0.15, 0.2) is 0 Å². The van der Waals surface area contributed by atoms with Crippen molar-refractivity contribution in [3.8, 4) is 0 Å². The molecule has 1 N–H and O–H groups in total. The summed E-state index contributed by atoms with van der Waals surface area (Å²) < 4.78 is 0.